The van der Waals surface area contributed by atoms with E-state index in [1.54, 1.807) is 0 Å². The standard InChI is InChI=1S/C24H26INSSi/c1-16(2)19-8-6-9-20-21-10-7-11-22(24(21)27-23(19)20)26(25)17-12-14-18(15-13-17)28(3,4)5/h6-16H,1-5H3. The summed E-state index contributed by atoms with van der Waals surface area (Å²) in [5.41, 5.74) is 3.95. The minimum Gasteiger partial charge on any atom is -0.282 e. The summed E-state index contributed by atoms with van der Waals surface area (Å²) in [6.45, 7) is 11.8. The van der Waals surface area contributed by atoms with Crippen LogP contribution in [0.25, 0.3) is 20.2 Å². The summed E-state index contributed by atoms with van der Waals surface area (Å²) in [5.74, 6) is 0.532. The summed E-state index contributed by atoms with van der Waals surface area (Å²) in [6, 6.07) is 22.6. The van der Waals surface area contributed by atoms with Crippen molar-refractivity contribution < 1.29 is 0 Å². The van der Waals surface area contributed by atoms with Gasteiger partial charge in [0.25, 0.3) is 0 Å². The molecule has 1 heterocycles. The van der Waals surface area contributed by atoms with Crippen molar-refractivity contribution in [2.75, 3.05) is 3.11 Å². The highest BCUT2D eigenvalue weighted by atomic mass is 127. The molecule has 0 N–H and O–H groups in total. The first-order valence-electron chi connectivity index (χ1n) is 9.78. The smallest absolute Gasteiger partial charge is 0.0775 e. The Labute approximate surface area is 186 Å². The Morgan fingerprint density at radius 3 is 2.04 bits per heavy atom. The number of hydrogen-bond acceptors (Lipinski definition) is 2. The lowest BCUT2D eigenvalue weighted by Crippen LogP contribution is -2.37. The van der Waals surface area contributed by atoms with Gasteiger partial charge in [0.2, 0.25) is 0 Å². The molecule has 0 saturated carbocycles. The molecule has 0 spiro atoms. The third-order valence-electron chi connectivity index (χ3n) is 5.33. The second-order valence-electron chi connectivity index (χ2n) is 8.71. The van der Waals surface area contributed by atoms with Gasteiger partial charge in [0, 0.05) is 15.5 Å². The Kier molecular flexibility index (Phi) is 5.31. The molecule has 0 aliphatic rings. The summed E-state index contributed by atoms with van der Waals surface area (Å²) >= 11 is 4.39. The van der Waals surface area contributed by atoms with Gasteiger partial charge in [-0.3, -0.25) is 3.11 Å². The maximum atomic E-state index is 2.45. The minimum atomic E-state index is -1.27. The second-order valence-corrected chi connectivity index (χ2v) is 15.8. The van der Waals surface area contributed by atoms with Crippen molar-refractivity contribution in [2.45, 2.75) is 39.4 Å². The Morgan fingerprint density at radius 1 is 0.821 bits per heavy atom. The third kappa shape index (κ3) is 3.51. The Hall–Kier alpha value is -1.37. The monoisotopic (exact) mass is 515 g/mol. The van der Waals surface area contributed by atoms with Crippen LogP contribution < -0.4 is 8.30 Å². The van der Waals surface area contributed by atoms with Crippen LogP contribution in [0.1, 0.15) is 25.3 Å². The molecule has 4 rings (SSSR count). The van der Waals surface area contributed by atoms with Crippen LogP contribution in [0.15, 0.2) is 60.7 Å². The zero-order valence-electron chi connectivity index (χ0n) is 17.1. The fourth-order valence-corrected chi connectivity index (χ4v) is 7.19. The molecule has 4 aromatic rings. The number of thiophene rings is 1. The van der Waals surface area contributed by atoms with Crippen molar-refractivity contribution >= 4 is 79.0 Å². The first-order chi connectivity index (χ1) is 13.3. The van der Waals surface area contributed by atoms with Gasteiger partial charge in [-0.1, -0.05) is 81.1 Å². The average molecular weight is 516 g/mol. The molecule has 0 aliphatic carbocycles. The van der Waals surface area contributed by atoms with Crippen molar-refractivity contribution in [2.24, 2.45) is 0 Å². The lowest BCUT2D eigenvalue weighted by Gasteiger charge is -2.21. The zero-order chi connectivity index (χ0) is 20.1. The van der Waals surface area contributed by atoms with E-state index in [1.807, 2.05) is 11.3 Å². The van der Waals surface area contributed by atoms with Gasteiger partial charge in [-0.25, -0.2) is 0 Å². The second kappa shape index (κ2) is 7.47. The van der Waals surface area contributed by atoms with Gasteiger partial charge in [0.1, 0.15) is 0 Å². The Morgan fingerprint density at radius 2 is 1.43 bits per heavy atom. The van der Waals surface area contributed by atoms with Crippen molar-refractivity contribution in [1.29, 1.82) is 0 Å². The molecule has 1 nitrogen and oxygen atoms in total. The molecule has 0 radical (unpaired) electrons. The van der Waals surface area contributed by atoms with Crippen molar-refractivity contribution in [3.05, 3.63) is 66.2 Å². The maximum absolute atomic E-state index is 2.45. The lowest BCUT2D eigenvalue weighted by atomic mass is 10.0. The molecule has 0 bridgehead atoms. The van der Waals surface area contributed by atoms with E-state index < -0.39 is 8.07 Å². The molecule has 0 amide bonds. The molecular weight excluding hydrogens is 489 g/mol. The highest BCUT2D eigenvalue weighted by molar-refractivity contribution is 14.1. The molecular formula is C24H26INSSi. The van der Waals surface area contributed by atoms with E-state index in [1.165, 1.54) is 42.3 Å². The number of anilines is 2. The van der Waals surface area contributed by atoms with Gasteiger partial charge in [-0.05, 0) is 29.7 Å². The summed E-state index contributed by atoms with van der Waals surface area (Å²) in [7, 11) is -1.27. The molecule has 0 unspecified atom stereocenters. The summed E-state index contributed by atoms with van der Waals surface area (Å²) in [4.78, 5) is 0. The van der Waals surface area contributed by atoms with E-state index in [0.717, 1.165) is 0 Å². The van der Waals surface area contributed by atoms with Crippen LogP contribution in [0.4, 0.5) is 11.4 Å². The number of halogens is 1. The van der Waals surface area contributed by atoms with Crippen LogP contribution in [0, 0.1) is 0 Å². The third-order valence-corrected chi connectivity index (χ3v) is 9.76. The topological polar surface area (TPSA) is 3.24 Å². The van der Waals surface area contributed by atoms with Crippen molar-refractivity contribution in [3.63, 3.8) is 0 Å². The van der Waals surface area contributed by atoms with Gasteiger partial charge in [-0.15, -0.1) is 11.3 Å². The maximum Gasteiger partial charge on any atom is 0.0775 e. The first-order valence-corrected chi connectivity index (χ1v) is 15.1. The molecule has 0 atom stereocenters. The fourth-order valence-electron chi connectivity index (χ4n) is 3.67. The lowest BCUT2D eigenvalue weighted by molar-refractivity contribution is 0.878. The van der Waals surface area contributed by atoms with E-state index in [2.05, 4.69) is 120 Å². The summed E-state index contributed by atoms with van der Waals surface area (Å²) in [6.07, 6.45) is 0. The summed E-state index contributed by atoms with van der Waals surface area (Å²) < 4.78 is 5.10. The zero-order valence-corrected chi connectivity index (χ0v) is 21.1. The van der Waals surface area contributed by atoms with Gasteiger partial charge >= 0.3 is 0 Å². The van der Waals surface area contributed by atoms with E-state index in [-0.39, 0.29) is 0 Å². The van der Waals surface area contributed by atoms with Crippen LogP contribution in [0.3, 0.4) is 0 Å². The summed E-state index contributed by atoms with van der Waals surface area (Å²) in [5, 5.41) is 4.25. The molecule has 3 aromatic carbocycles. The highest BCUT2D eigenvalue weighted by Crippen LogP contribution is 2.44. The minimum absolute atomic E-state index is 0.532. The van der Waals surface area contributed by atoms with Crippen LogP contribution in [-0.2, 0) is 0 Å². The van der Waals surface area contributed by atoms with Crippen LogP contribution in [0.2, 0.25) is 19.6 Å². The van der Waals surface area contributed by atoms with E-state index in [4.69, 9.17) is 0 Å². The van der Waals surface area contributed by atoms with Gasteiger partial charge in [-0.2, -0.15) is 0 Å². The number of benzene rings is 3. The quantitative estimate of drug-likeness (QED) is 0.150. The predicted molar refractivity (Wildman–Crippen MR) is 139 cm³/mol. The van der Waals surface area contributed by atoms with Gasteiger partial charge in [0.15, 0.2) is 0 Å². The number of nitrogens with zero attached hydrogens (tertiary/aromatic N) is 1. The molecule has 28 heavy (non-hydrogen) atoms. The molecule has 4 heteroatoms. The fraction of sp³-hybridized carbons (Fsp3) is 0.250. The molecule has 144 valence electrons. The van der Waals surface area contributed by atoms with Crippen molar-refractivity contribution in [3.8, 4) is 0 Å². The number of rotatable bonds is 4. The number of hydrogen-bond donors (Lipinski definition) is 0. The van der Waals surface area contributed by atoms with E-state index in [9.17, 15) is 0 Å². The van der Waals surface area contributed by atoms with E-state index in [0.29, 0.717) is 5.92 Å². The molecule has 0 saturated heterocycles. The van der Waals surface area contributed by atoms with Crippen LogP contribution in [0.5, 0.6) is 0 Å². The normalized spacial score (nSPS) is 12.2. The first kappa shape index (κ1) is 19.9. The SMILES string of the molecule is CC(C)c1cccc2c1sc1c(N(I)c3ccc([Si](C)(C)C)cc3)cccc12. The largest absolute Gasteiger partial charge is 0.282 e. The van der Waals surface area contributed by atoms with Crippen LogP contribution in [-0.4, -0.2) is 8.07 Å². The van der Waals surface area contributed by atoms with Gasteiger partial charge in [0.05, 0.1) is 47.0 Å². The molecule has 0 fully saturated rings. The highest BCUT2D eigenvalue weighted by Gasteiger charge is 2.18. The Bertz CT molecular complexity index is 1140. The van der Waals surface area contributed by atoms with E-state index >= 15 is 0 Å². The average Bonchev–Trinajstić information content (AvgIpc) is 3.05. The number of fused-ring (bicyclic) bond motifs is 3. The molecule has 1 aromatic heterocycles. The van der Waals surface area contributed by atoms with Crippen molar-refractivity contribution in [1.82, 2.24) is 0 Å². The van der Waals surface area contributed by atoms with Crippen LogP contribution >= 0.6 is 34.2 Å². The predicted octanol–water partition coefficient (Wildman–Crippen LogP) is 8.21. The van der Waals surface area contributed by atoms with Gasteiger partial charge < -0.3 is 0 Å². The Balaban J connectivity index is 1.84. The molecule has 0 aliphatic heterocycles.